The minimum absolute atomic E-state index is 0.554. The second kappa shape index (κ2) is 7.45. The maximum atomic E-state index is 5.36. The smallest absolute Gasteiger partial charge is 0.218 e. The van der Waals surface area contributed by atoms with Crippen molar-refractivity contribution in [3.8, 4) is 17.3 Å². The molecule has 0 spiro atoms. The van der Waals surface area contributed by atoms with Gasteiger partial charge in [0, 0.05) is 12.3 Å². The molecule has 3 aromatic rings. The monoisotopic (exact) mass is 325 g/mol. The van der Waals surface area contributed by atoms with Crippen molar-refractivity contribution in [1.29, 1.82) is 0 Å². The van der Waals surface area contributed by atoms with E-state index in [1.807, 2.05) is 48.1 Å². The number of anilines is 1. The molecule has 0 fully saturated rings. The summed E-state index contributed by atoms with van der Waals surface area (Å²) in [5, 5.41) is 7.76. The van der Waals surface area contributed by atoms with Crippen LogP contribution < -0.4 is 14.8 Å². The van der Waals surface area contributed by atoms with Crippen LogP contribution in [0.4, 0.5) is 5.82 Å². The predicted octanol–water partition coefficient (Wildman–Crippen LogP) is 2.68. The van der Waals surface area contributed by atoms with Gasteiger partial charge in [-0.05, 0) is 37.3 Å². The Balaban J connectivity index is 1.64. The van der Waals surface area contributed by atoms with Crippen LogP contribution in [0.3, 0.4) is 0 Å². The molecule has 0 aliphatic rings. The summed E-state index contributed by atoms with van der Waals surface area (Å²) in [4.78, 5) is 8.21. The number of rotatable bonds is 7. The summed E-state index contributed by atoms with van der Waals surface area (Å²) in [6.45, 7) is 3.05. The number of benzene rings is 1. The van der Waals surface area contributed by atoms with Crippen molar-refractivity contribution < 1.29 is 9.47 Å². The number of hydrogen-bond acceptors (Lipinski definition) is 6. The van der Waals surface area contributed by atoms with Crippen LogP contribution in [0.5, 0.6) is 11.6 Å². The van der Waals surface area contributed by atoms with Gasteiger partial charge in [0.05, 0.1) is 31.6 Å². The number of nitrogens with zero attached hydrogens (tertiary/aromatic N) is 4. The van der Waals surface area contributed by atoms with Crippen molar-refractivity contribution in [3.05, 3.63) is 54.6 Å². The molecule has 0 amide bonds. The molecule has 3 rings (SSSR count). The quantitative estimate of drug-likeness (QED) is 0.720. The zero-order chi connectivity index (χ0) is 16.8. The first-order chi connectivity index (χ1) is 11.8. The molecular formula is C17H19N5O2. The number of methoxy groups -OCH3 is 1. The van der Waals surface area contributed by atoms with Crippen LogP contribution >= 0.6 is 0 Å². The maximum Gasteiger partial charge on any atom is 0.218 e. The van der Waals surface area contributed by atoms with Crippen LogP contribution in [0.15, 0.2) is 48.9 Å². The lowest BCUT2D eigenvalue weighted by Gasteiger charge is -2.06. The molecule has 7 heteroatoms. The highest BCUT2D eigenvalue weighted by atomic mass is 16.5. The van der Waals surface area contributed by atoms with Crippen LogP contribution in [0.2, 0.25) is 0 Å². The molecule has 7 nitrogen and oxygen atoms in total. The standard InChI is InChI=1S/C17H19N5O2/c1-3-24-17-10-16(19-12-20-17)18-11-13-8-9-22(21-13)14-4-6-15(23-2)7-5-14/h4-10,12H,3,11H2,1-2H3,(H,18,19,20). The second-order valence-corrected chi connectivity index (χ2v) is 4.98. The largest absolute Gasteiger partial charge is 0.497 e. The Morgan fingerprint density at radius 2 is 1.96 bits per heavy atom. The van der Waals surface area contributed by atoms with Gasteiger partial charge in [-0.25, -0.2) is 14.6 Å². The molecule has 1 aromatic carbocycles. The molecule has 0 radical (unpaired) electrons. The van der Waals surface area contributed by atoms with Gasteiger partial charge in [0.1, 0.15) is 17.9 Å². The van der Waals surface area contributed by atoms with Gasteiger partial charge in [0.25, 0.3) is 0 Å². The molecule has 1 N–H and O–H groups in total. The van der Waals surface area contributed by atoms with Crippen molar-refractivity contribution in [2.75, 3.05) is 19.0 Å². The fourth-order valence-electron chi connectivity index (χ4n) is 2.18. The van der Waals surface area contributed by atoms with Crippen LogP contribution in [0, 0.1) is 0 Å². The molecule has 2 heterocycles. The molecule has 0 aliphatic heterocycles. The van der Waals surface area contributed by atoms with Gasteiger partial charge in [-0.15, -0.1) is 0 Å². The van der Waals surface area contributed by atoms with E-state index in [2.05, 4.69) is 20.4 Å². The SMILES string of the molecule is CCOc1cc(NCc2ccn(-c3ccc(OC)cc3)n2)ncn1. The first kappa shape index (κ1) is 15.8. The van der Waals surface area contributed by atoms with Gasteiger partial charge < -0.3 is 14.8 Å². The third-order valence-electron chi connectivity index (χ3n) is 3.37. The van der Waals surface area contributed by atoms with E-state index in [4.69, 9.17) is 9.47 Å². The van der Waals surface area contributed by atoms with Gasteiger partial charge in [0.2, 0.25) is 5.88 Å². The molecule has 24 heavy (non-hydrogen) atoms. The molecular weight excluding hydrogens is 306 g/mol. The molecule has 0 unspecified atom stereocenters. The summed E-state index contributed by atoms with van der Waals surface area (Å²) >= 11 is 0. The molecule has 0 atom stereocenters. The lowest BCUT2D eigenvalue weighted by molar-refractivity contribution is 0.326. The van der Waals surface area contributed by atoms with E-state index < -0.39 is 0 Å². The van der Waals surface area contributed by atoms with Crippen molar-refractivity contribution in [2.45, 2.75) is 13.5 Å². The number of hydrogen-bond donors (Lipinski definition) is 1. The highest BCUT2D eigenvalue weighted by Crippen LogP contribution is 2.15. The van der Waals surface area contributed by atoms with E-state index in [0.29, 0.717) is 24.8 Å². The van der Waals surface area contributed by atoms with Gasteiger partial charge in [-0.2, -0.15) is 5.10 Å². The van der Waals surface area contributed by atoms with E-state index in [1.54, 1.807) is 13.2 Å². The first-order valence-electron chi connectivity index (χ1n) is 7.66. The van der Waals surface area contributed by atoms with Crippen molar-refractivity contribution in [3.63, 3.8) is 0 Å². The van der Waals surface area contributed by atoms with Gasteiger partial charge >= 0.3 is 0 Å². The van der Waals surface area contributed by atoms with Gasteiger partial charge in [0.15, 0.2) is 0 Å². The van der Waals surface area contributed by atoms with Crippen LogP contribution in [-0.4, -0.2) is 33.5 Å². The van der Waals surface area contributed by atoms with Gasteiger partial charge in [-0.3, -0.25) is 0 Å². The predicted molar refractivity (Wildman–Crippen MR) is 90.6 cm³/mol. The Bertz CT molecular complexity index is 786. The first-order valence-corrected chi connectivity index (χ1v) is 7.66. The van der Waals surface area contributed by atoms with E-state index in [9.17, 15) is 0 Å². The molecule has 2 aromatic heterocycles. The maximum absolute atomic E-state index is 5.36. The molecule has 124 valence electrons. The third kappa shape index (κ3) is 3.81. The Morgan fingerprint density at radius 3 is 2.71 bits per heavy atom. The fraction of sp³-hybridized carbons (Fsp3) is 0.235. The lowest BCUT2D eigenvalue weighted by Crippen LogP contribution is -2.04. The number of aromatic nitrogens is 4. The highest BCUT2D eigenvalue weighted by Gasteiger charge is 2.04. The van der Waals surface area contributed by atoms with E-state index in [1.165, 1.54) is 6.33 Å². The summed E-state index contributed by atoms with van der Waals surface area (Å²) in [5.41, 5.74) is 1.88. The Labute approximate surface area is 140 Å². The molecule has 0 bridgehead atoms. The minimum atomic E-state index is 0.554. The number of ether oxygens (including phenoxy) is 2. The van der Waals surface area contributed by atoms with Crippen molar-refractivity contribution in [2.24, 2.45) is 0 Å². The van der Waals surface area contributed by atoms with Crippen LogP contribution in [0.1, 0.15) is 12.6 Å². The van der Waals surface area contributed by atoms with Crippen LogP contribution in [-0.2, 0) is 6.54 Å². The summed E-state index contributed by atoms with van der Waals surface area (Å²) in [5.74, 6) is 2.08. The minimum Gasteiger partial charge on any atom is -0.497 e. The summed E-state index contributed by atoms with van der Waals surface area (Å²) in [7, 11) is 1.65. The van der Waals surface area contributed by atoms with E-state index >= 15 is 0 Å². The molecule has 0 aliphatic carbocycles. The summed E-state index contributed by atoms with van der Waals surface area (Å²) in [6, 6.07) is 11.5. The Hall–Kier alpha value is -3.09. The second-order valence-electron chi connectivity index (χ2n) is 4.98. The third-order valence-corrected chi connectivity index (χ3v) is 3.37. The van der Waals surface area contributed by atoms with Gasteiger partial charge in [-0.1, -0.05) is 0 Å². The Kier molecular flexibility index (Phi) is 4.90. The van der Waals surface area contributed by atoms with E-state index in [0.717, 1.165) is 17.1 Å². The fourth-order valence-corrected chi connectivity index (χ4v) is 2.18. The van der Waals surface area contributed by atoms with Crippen molar-refractivity contribution >= 4 is 5.82 Å². The zero-order valence-electron chi connectivity index (χ0n) is 13.6. The zero-order valence-corrected chi connectivity index (χ0v) is 13.6. The van der Waals surface area contributed by atoms with Crippen molar-refractivity contribution in [1.82, 2.24) is 19.7 Å². The number of nitrogens with one attached hydrogen (secondary N) is 1. The molecule has 0 saturated heterocycles. The highest BCUT2D eigenvalue weighted by molar-refractivity contribution is 5.39. The topological polar surface area (TPSA) is 74.1 Å². The Morgan fingerprint density at radius 1 is 1.12 bits per heavy atom. The molecule has 0 saturated carbocycles. The summed E-state index contributed by atoms with van der Waals surface area (Å²) in [6.07, 6.45) is 3.40. The average Bonchev–Trinajstić information content (AvgIpc) is 3.10. The average molecular weight is 325 g/mol. The summed E-state index contributed by atoms with van der Waals surface area (Å²) < 4.78 is 12.3. The lowest BCUT2D eigenvalue weighted by atomic mass is 10.3. The normalized spacial score (nSPS) is 10.4. The van der Waals surface area contributed by atoms with E-state index in [-0.39, 0.29) is 0 Å². The van der Waals surface area contributed by atoms with Crippen LogP contribution in [0.25, 0.3) is 5.69 Å².